The first-order valence-corrected chi connectivity index (χ1v) is 10.7. The molecule has 4 aromatic rings. The lowest BCUT2D eigenvalue weighted by Gasteiger charge is -2.08. The lowest BCUT2D eigenvalue weighted by Crippen LogP contribution is -2.11. The summed E-state index contributed by atoms with van der Waals surface area (Å²) < 4.78 is 3.32. The van der Waals surface area contributed by atoms with Crippen LogP contribution in [0.4, 0.5) is 5.69 Å². The minimum absolute atomic E-state index is 0.0625. The molecule has 5 nitrogen and oxygen atoms in total. The second kappa shape index (κ2) is 9.01. The number of hydrogen-bond acceptors (Lipinski definition) is 4. The molecule has 29 heavy (non-hydrogen) atoms. The van der Waals surface area contributed by atoms with Gasteiger partial charge in [0.25, 0.3) is 0 Å². The van der Waals surface area contributed by atoms with Gasteiger partial charge in [-0.25, -0.2) is 9.97 Å². The number of anilines is 1. The molecule has 0 saturated carbocycles. The second-order valence-corrected chi connectivity index (χ2v) is 8.25. The fourth-order valence-corrected chi connectivity index (χ4v) is 4.28. The van der Waals surface area contributed by atoms with Gasteiger partial charge < -0.3 is 9.88 Å². The summed E-state index contributed by atoms with van der Waals surface area (Å²) in [6.45, 7) is 2.78. The van der Waals surface area contributed by atoms with Crippen molar-refractivity contribution in [2.24, 2.45) is 0 Å². The predicted molar refractivity (Wildman–Crippen MR) is 118 cm³/mol. The van der Waals surface area contributed by atoms with Gasteiger partial charge in [0, 0.05) is 31.0 Å². The zero-order valence-electron chi connectivity index (χ0n) is 16.5. The molecule has 2 aromatic carbocycles. The molecule has 0 spiro atoms. The molecule has 148 valence electrons. The van der Waals surface area contributed by atoms with E-state index < -0.39 is 0 Å². The molecular weight excluding hydrogens is 380 g/mol. The van der Waals surface area contributed by atoms with Gasteiger partial charge in [0.2, 0.25) is 5.91 Å². The number of para-hydroxylation sites is 1. The Bertz CT molecular complexity index is 1060. The van der Waals surface area contributed by atoms with E-state index in [2.05, 4.69) is 25.9 Å². The number of carbonyl (C=O) groups excluding carboxylic acids is 1. The van der Waals surface area contributed by atoms with Crippen molar-refractivity contribution in [2.45, 2.75) is 39.2 Å². The first-order valence-electron chi connectivity index (χ1n) is 9.88. The fraction of sp³-hybridized carbons (Fsp3) is 0.261. The van der Waals surface area contributed by atoms with E-state index in [1.165, 1.54) is 10.3 Å². The highest BCUT2D eigenvalue weighted by Gasteiger charge is 2.06. The van der Waals surface area contributed by atoms with E-state index in [1.54, 1.807) is 17.5 Å². The van der Waals surface area contributed by atoms with E-state index in [4.69, 9.17) is 0 Å². The van der Waals surface area contributed by atoms with Crippen molar-refractivity contribution in [1.82, 2.24) is 14.5 Å². The van der Waals surface area contributed by atoms with Crippen LogP contribution in [-0.4, -0.2) is 20.4 Å². The number of hydrogen-bond donors (Lipinski definition) is 1. The molecule has 1 N–H and O–H groups in total. The number of carbonyl (C=O) groups is 1. The maximum atomic E-state index is 12.2. The van der Waals surface area contributed by atoms with Crippen LogP contribution in [0.15, 0.2) is 60.9 Å². The fourth-order valence-electron chi connectivity index (χ4n) is 3.27. The molecule has 0 fully saturated rings. The van der Waals surface area contributed by atoms with Gasteiger partial charge in [0.15, 0.2) is 0 Å². The molecule has 2 aromatic heterocycles. The minimum Gasteiger partial charge on any atom is -0.331 e. The molecule has 0 saturated heterocycles. The van der Waals surface area contributed by atoms with Gasteiger partial charge in [-0.15, -0.1) is 11.3 Å². The van der Waals surface area contributed by atoms with Crippen LogP contribution in [-0.2, 0) is 17.8 Å². The van der Waals surface area contributed by atoms with E-state index in [0.717, 1.165) is 47.8 Å². The van der Waals surface area contributed by atoms with Gasteiger partial charge >= 0.3 is 0 Å². The van der Waals surface area contributed by atoms with Gasteiger partial charge in [-0.2, -0.15) is 0 Å². The first-order chi connectivity index (χ1) is 14.2. The van der Waals surface area contributed by atoms with Gasteiger partial charge in [-0.1, -0.05) is 24.3 Å². The van der Waals surface area contributed by atoms with Crippen molar-refractivity contribution >= 4 is 33.1 Å². The number of nitrogens with one attached hydrogen (secondary N) is 1. The van der Waals surface area contributed by atoms with E-state index in [1.807, 2.05) is 55.6 Å². The van der Waals surface area contributed by atoms with Crippen molar-refractivity contribution in [1.29, 1.82) is 0 Å². The molecule has 0 aliphatic carbocycles. The Morgan fingerprint density at radius 1 is 1.10 bits per heavy atom. The Morgan fingerprint density at radius 2 is 1.93 bits per heavy atom. The Labute approximate surface area is 174 Å². The number of thiazole rings is 1. The van der Waals surface area contributed by atoms with Crippen molar-refractivity contribution < 1.29 is 4.79 Å². The summed E-state index contributed by atoms with van der Waals surface area (Å²) >= 11 is 1.74. The molecule has 6 heteroatoms. The number of amides is 1. The van der Waals surface area contributed by atoms with E-state index in [-0.39, 0.29) is 5.91 Å². The summed E-state index contributed by atoms with van der Waals surface area (Å²) in [5.41, 5.74) is 3.09. The largest absolute Gasteiger partial charge is 0.331 e. The molecule has 0 unspecified atom stereocenters. The quantitative estimate of drug-likeness (QED) is 0.411. The molecule has 4 rings (SSSR count). The number of aryl methyl sites for hydroxylation is 2. The average Bonchev–Trinajstić information content (AvgIpc) is 3.32. The van der Waals surface area contributed by atoms with Crippen molar-refractivity contribution in [3.05, 3.63) is 77.3 Å². The van der Waals surface area contributed by atoms with Gasteiger partial charge in [0.1, 0.15) is 5.82 Å². The van der Waals surface area contributed by atoms with Crippen LogP contribution >= 0.6 is 11.3 Å². The van der Waals surface area contributed by atoms with Gasteiger partial charge in [0.05, 0.1) is 15.2 Å². The monoisotopic (exact) mass is 404 g/mol. The van der Waals surface area contributed by atoms with Gasteiger partial charge in [-0.05, 0) is 56.0 Å². The predicted octanol–water partition coefficient (Wildman–Crippen LogP) is 5.20. The van der Waals surface area contributed by atoms with Crippen LogP contribution in [0.1, 0.15) is 35.7 Å². The molecule has 1 amide bonds. The van der Waals surface area contributed by atoms with E-state index in [0.29, 0.717) is 6.42 Å². The standard InChI is InChI=1S/C23H24N4OS/c1-17-24-14-15-27(17)16-18-10-12-19(13-11-18)25-22(28)8-4-5-9-23-26-20-6-2-3-7-21(20)29-23/h2-3,6-7,10-15H,4-5,8-9,16H2,1H3,(H,25,28). The number of unbranched alkanes of at least 4 members (excludes halogenated alkanes) is 1. The third-order valence-corrected chi connectivity index (χ3v) is 5.99. The van der Waals surface area contributed by atoms with E-state index in [9.17, 15) is 4.79 Å². The van der Waals surface area contributed by atoms with E-state index >= 15 is 0 Å². The second-order valence-electron chi connectivity index (χ2n) is 7.13. The third kappa shape index (κ3) is 5.09. The summed E-state index contributed by atoms with van der Waals surface area (Å²) in [4.78, 5) is 21.1. The van der Waals surface area contributed by atoms with Gasteiger partial charge in [-0.3, -0.25) is 4.79 Å². The lowest BCUT2D eigenvalue weighted by atomic mass is 10.1. The summed E-state index contributed by atoms with van der Waals surface area (Å²) in [5.74, 6) is 1.06. The highest BCUT2D eigenvalue weighted by molar-refractivity contribution is 7.18. The summed E-state index contributed by atoms with van der Waals surface area (Å²) in [6, 6.07) is 16.2. The number of nitrogens with zero attached hydrogens (tertiary/aromatic N) is 3. The van der Waals surface area contributed by atoms with Crippen molar-refractivity contribution in [2.75, 3.05) is 5.32 Å². The van der Waals surface area contributed by atoms with Crippen LogP contribution in [0.25, 0.3) is 10.2 Å². The highest BCUT2D eigenvalue weighted by atomic mass is 32.1. The third-order valence-electron chi connectivity index (χ3n) is 4.90. The normalized spacial score (nSPS) is 11.1. The van der Waals surface area contributed by atoms with Crippen molar-refractivity contribution in [3.63, 3.8) is 0 Å². The minimum atomic E-state index is 0.0625. The molecule has 0 atom stereocenters. The zero-order valence-corrected chi connectivity index (χ0v) is 17.3. The number of benzene rings is 2. The summed E-state index contributed by atoms with van der Waals surface area (Å²) in [7, 11) is 0. The highest BCUT2D eigenvalue weighted by Crippen LogP contribution is 2.23. The van der Waals surface area contributed by atoms with Crippen LogP contribution in [0.3, 0.4) is 0 Å². The number of imidazole rings is 1. The Balaban J connectivity index is 1.20. The van der Waals surface area contributed by atoms with Crippen LogP contribution in [0.2, 0.25) is 0 Å². The maximum Gasteiger partial charge on any atom is 0.224 e. The Morgan fingerprint density at radius 3 is 2.69 bits per heavy atom. The lowest BCUT2D eigenvalue weighted by molar-refractivity contribution is -0.116. The van der Waals surface area contributed by atoms with Crippen LogP contribution in [0.5, 0.6) is 0 Å². The molecule has 0 aliphatic heterocycles. The SMILES string of the molecule is Cc1nccn1Cc1ccc(NC(=O)CCCCc2nc3ccccc3s2)cc1. The molecule has 0 radical (unpaired) electrons. The molecule has 0 aliphatic rings. The zero-order chi connectivity index (χ0) is 20.1. The Kier molecular flexibility index (Phi) is 6.00. The average molecular weight is 405 g/mol. The number of aromatic nitrogens is 3. The van der Waals surface area contributed by atoms with Crippen LogP contribution in [0, 0.1) is 6.92 Å². The summed E-state index contributed by atoms with van der Waals surface area (Å²) in [6.07, 6.45) is 7.06. The number of fused-ring (bicyclic) bond motifs is 1. The maximum absolute atomic E-state index is 12.2. The summed E-state index contributed by atoms with van der Waals surface area (Å²) in [5, 5.41) is 4.14. The molecule has 2 heterocycles. The number of rotatable bonds is 8. The molecule has 0 bridgehead atoms. The topological polar surface area (TPSA) is 59.8 Å². The van der Waals surface area contributed by atoms with Crippen LogP contribution < -0.4 is 5.32 Å². The van der Waals surface area contributed by atoms with Crippen molar-refractivity contribution in [3.8, 4) is 0 Å². The Hall–Kier alpha value is -2.99. The molecular formula is C23H24N4OS. The smallest absolute Gasteiger partial charge is 0.224 e. The first kappa shape index (κ1) is 19.3.